The molecular formula is C16H26FN3. The number of halogens is 1. The zero-order chi connectivity index (χ0) is 14.6. The molecule has 2 N–H and O–H groups in total. The Hall–Kier alpha value is -1.13. The third-order valence-corrected chi connectivity index (χ3v) is 4.51. The van der Waals surface area contributed by atoms with Crippen LogP contribution in [0.1, 0.15) is 26.7 Å². The fourth-order valence-corrected chi connectivity index (χ4v) is 2.77. The van der Waals surface area contributed by atoms with Crippen molar-refractivity contribution in [2.75, 3.05) is 37.6 Å². The average molecular weight is 279 g/mol. The molecule has 2 rings (SSSR count). The number of benzene rings is 1. The molecule has 1 aromatic carbocycles. The lowest BCUT2D eigenvalue weighted by atomic mass is 9.93. The van der Waals surface area contributed by atoms with Crippen molar-refractivity contribution in [2.45, 2.75) is 32.2 Å². The van der Waals surface area contributed by atoms with Crippen LogP contribution in [-0.4, -0.2) is 43.2 Å². The molecule has 4 heteroatoms. The molecule has 0 aliphatic carbocycles. The molecule has 0 aromatic heterocycles. The van der Waals surface area contributed by atoms with Gasteiger partial charge < -0.3 is 10.6 Å². The Morgan fingerprint density at radius 2 is 1.70 bits per heavy atom. The second-order valence-electron chi connectivity index (χ2n) is 5.78. The van der Waals surface area contributed by atoms with Crippen molar-refractivity contribution in [1.29, 1.82) is 0 Å². The number of nitrogens with zero attached hydrogens (tertiary/aromatic N) is 2. The van der Waals surface area contributed by atoms with Gasteiger partial charge in [0.25, 0.3) is 0 Å². The van der Waals surface area contributed by atoms with Crippen molar-refractivity contribution in [2.24, 2.45) is 5.73 Å². The number of piperazine rings is 1. The SMILES string of the molecule is CCC(N)(CC)CN1CCN(c2ccccc2F)CC1. The molecule has 0 saturated carbocycles. The van der Waals surface area contributed by atoms with Crippen LogP contribution in [0.4, 0.5) is 10.1 Å². The average Bonchev–Trinajstić information content (AvgIpc) is 2.49. The highest BCUT2D eigenvalue weighted by Crippen LogP contribution is 2.21. The van der Waals surface area contributed by atoms with E-state index in [-0.39, 0.29) is 11.4 Å². The Kier molecular flexibility index (Phi) is 5.00. The van der Waals surface area contributed by atoms with Gasteiger partial charge in [0.05, 0.1) is 5.69 Å². The lowest BCUT2D eigenvalue weighted by Gasteiger charge is -2.40. The smallest absolute Gasteiger partial charge is 0.146 e. The van der Waals surface area contributed by atoms with Gasteiger partial charge in [-0.1, -0.05) is 26.0 Å². The van der Waals surface area contributed by atoms with Crippen LogP contribution in [0.25, 0.3) is 0 Å². The highest BCUT2D eigenvalue weighted by molar-refractivity contribution is 5.47. The van der Waals surface area contributed by atoms with Gasteiger partial charge in [-0.2, -0.15) is 0 Å². The molecule has 112 valence electrons. The van der Waals surface area contributed by atoms with Crippen LogP contribution in [-0.2, 0) is 0 Å². The first-order valence-corrected chi connectivity index (χ1v) is 7.58. The maximum absolute atomic E-state index is 13.8. The molecule has 1 aliphatic rings. The van der Waals surface area contributed by atoms with E-state index in [1.165, 1.54) is 6.07 Å². The maximum atomic E-state index is 13.8. The summed E-state index contributed by atoms with van der Waals surface area (Å²) < 4.78 is 13.8. The Balaban J connectivity index is 1.91. The van der Waals surface area contributed by atoms with Gasteiger partial charge in [0.1, 0.15) is 5.82 Å². The molecule has 3 nitrogen and oxygen atoms in total. The zero-order valence-corrected chi connectivity index (χ0v) is 12.6. The number of hydrogen-bond donors (Lipinski definition) is 1. The summed E-state index contributed by atoms with van der Waals surface area (Å²) in [5.74, 6) is -0.128. The van der Waals surface area contributed by atoms with Gasteiger partial charge >= 0.3 is 0 Å². The predicted molar refractivity (Wildman–Crippen MR) is 82.6 cm³/mol. The van der Waals surface area contributed by atoms with Crippen molar-refractivity contribution in [1.82, 2.24) is 4.90 Å². The Morgan fingerprint density at radius 3 is 2.25 bits per heavy atom. The van der Waals surface area contributed by atoms with E-state index in [1.54, 1.807) is 6.07 Å². The van der Waals surface area contributed by atoms with Crippen molar-refractivity contribution in [3.05, 3.63) is 30.1 Å². The van der Waals surface area contributed by atoms with Gasteiger partial charge in [-0.15, -0.1) is 0 Å². The van der Waals surface area contributed by atoms with E-state index in [0.717, 1.165) is 51.3 Å². The minimum atomic E-state index is -0.128. The van der Waals surface area contributed by atoms with E-state index < -0.39 is 0 Å². The molecule has 1 fully saturated rings. The van der Waals surface area contributed by atoms with Crippen LogP contribution in [0, 0.1) is 5.82 Å². The van der Waals surface area contributed by atoms with Crippen molar-refractivity contribution >= 4 is 5.69 Å². The highest BCUT2D eigenvalue weighted by atomic mass is 19.1. The lowest BCUT2D eigenvalue weighted by molar-refractivity contribution is 0.189. The normalized spacial score (nSPS) is 17.5. The van der Waals surface area contributed by atoms with Gasteiger partial charge in [0.15, 0.2) is 0 Å². The summed E-state index contributed by atoms with van der Waals surface area (Å²) in [5, 5.41) is 0. The van der Waals surface area contributed by atoms with Gasteiger partial charge in [0.2, 0.25) is 0 Å². The van der Waals surface area contributed by atoms with Gasteiger partial charge in [-0.25, -0.2) is 4.39 Å². The Morgan fingerprint density at radius 1 is 1.10 bits per heavy atom. The van der Waals surface area contributed by atoms with E-state index >= 15 is 0 Å². The molecule has 20 heavy (non-hydrogen) atoms. The van der Waals surface area contributed by atoms with Gasteiger partial charge in [-0.05, 0) is 25.0 Å². The van der Waals surface area contributed by atoms with E-state index in [4.69, 9.17) is 5.73 Å². The van der Waals surface area contributed by atoms with Crippen molar-refractivity contribution in [3.8, 4) is 0 Å². The minimum Gasteiger partial charge on any atom is -0.367 e. The van der Waals surface area contributed by atoms with E-state index in [1.807, 2.05) is 12.1 Å². The first kappa shape index (κ1) is 15.3. The molecule has 0 spiro atoms. The Bertz CT molecular complexity index is 423. The fourth-order valence-electron chi connectivity index (χ4n) is 2.77. The molecular weight excluding hydrogens is 253 g/mol. The standard InChI is InChI=1S/C16H26FN3/c1-3-16(18,4-2)13-19-9-11-20(12-10-19)15-8-6-5-7-14(15)17/h5-8H,3-4,9-13,18H2,1-2H3. The summed E-state index contributed by atoms with van der Waals surface area (Å²) >= 11 is 0. The zero-order valence-electron chi connectivity index (χ0n) is 12.6. The first-order valence-electron chi connectivity index (χ1n) is 7.58. The third kappa shape index (κ3) is 3.49. The van der Waals surface area contributed by atoms with Crippen LogP contribution >= 0.6 is 0 Å². The van der Waals surface area contributed by atoms with Crippen molar-refractivity contribution in [3.63, 3.8) is 0 Å². The van der Waals surface area contributed by atoms with Gasteiger partial charge in [0, 0.05) is 38.3 Å². The summed E-state index contributed by atoms with van der Waals surface area (Å²) in [6.45, 7) is 8.87. The predicted octanol–water partition coefficient (Wildman–Crippen LogP) is 2.47. The maximum Gasteiger partial charge on any atom is 0.146 e. The third-order valence-electron chi connectivity index (χ3n) is 4.51. The molecule has 0 amide bonds. The largest absolute Gasteiger partial charge is 0.367 e. The Labute approximate surface area is 121 Å². The van der Waals surface area contributed by atoms with Crippen LogP contribution in [0.15, 0.2) is 24.3 Å². The second kappa shape index (κ2) is 6.55. The van der Waals surface area contributed by atoms with Crippen LogP contribution in [0.5, 0.6) is 0 Å². The van der Waals surface area contributed by atoms with Gasteiger partial charge in [-0.3, -0.25) is 4.90 Å². The van der Waals surface area contributed by atoms with E-state index in [9.17, 15) is 4.39 Å². The number of nitrogens with two attached hydrogens (primary N) is 1. The number of anilines is 1. The van der Waals surface area contributed by atoms with Crippen LogP contribution < -0.4 is 10.6 Å². The number of para-hydroxylation sites is 1. The molecule has 1 aromatic rings. The summed E-state index contributed by atoms with van der Waals surface area (Å²) in [5.41, 5.74) is 7.02. The quantitative estimate of drug-likeness (QED) is 0.898. The molecule has 0 atom stereocenters. The first-order chi connectivity index (χ1) is 9.58. The topological polar surface area (TPSA) is 32.5 Å². The lowest BCUT2D eigenvalue weighted by Crippen LogP contribution is -2.55. The van der Waals surface area contributed by atoms with Crippen LogP contribution in [0.3, 0.4) is 0 Å². The number of hydrogen-bond acceptors (Lipinski definition) is 3. The van der Waals surface area contributed by atoms with E-state index in [0.29, 0.717) is 0 Å². The molecule has 0 radical (unpaired) electrons. The molecule has 1 saturated heterocycles. The molecule has 1 heterocycles. The van der Waals surface area contributed by atoms with Crippen LogP contribution in [0.2, 0.25) is 0 Å². The van der Waals surface area contributed by atoms with Crippen molar-refractivity contribution < 1.29 is 4.39 Å². The fraction of sp³-hybridized carbons (Fsp3) is 0.625. The summed E-state index contributed by atoms with van der Waals surface area (Å²) in [4.78, 5) is 4.53. The summed E-state index contributed by atoms with van der Waals surface area (Å²) in [6, 6.07) is 7.02. The number of rotatable bonds is 5. The molecule has 0 unspecified atom stereocenters. The summed E-state index contributed by atoms with van der Waals surface area (Å²) in [7, 11) is 0. The molecule has 1 aliphatic heterocycles. The molecule has 0 bridgehead atoms. The highest BCUT2D eigenvalue weighted by Gasteiger charge is 2.26. The monoisotopic (exact) mass is 279 g/mol. The minimum absolute atomic E-state index is 0.0832. The summed E-state index contributed by atoms with van der Waals surface area (Å²) in [6.07, 6.45) is 1.99. The second-order valence-corrected chi connectivity index (χ2v) is 5.78. The van der Waals surface area contributed by atoms with E-state index in [2.05, 4.69) is 23.6 Å².